The van der Waals surface area contributed by atoms with E-state index in [2.05, 4.69) is 15.3 Å². The van der Waals surface area contributed by atoms with Crippen molar-refractivity contribution in [1.82, 2.24) is 15.0 Å². The number of aromatic nitrogens is 3. The first-order valence-electron chi connectivity index (χ1n) is 6.20. The highest BCUT2D eigenvalue weighted by Gasteiger charge is 2.06. The SMILES string of the molecule is NC(=Nc1ccccc1)c1cn(-c2ccccc2)nn1. The van der Waals surface area contributed by atoms with Gasteiger partial charge in [-0.25, -0.2) is 9.67 Å². The van der Waals surface area contributed by atoms with Crippen LogP contribution in [0.5, 0.6) is 0 Å². The van der Waals surface area contributed by atoms with Gasteiger partial charge >= 0.3 is 0 Å². The molecule has 5 heteroatoms. The third-order valence-corrected chi connectivity index (χ3v) is 2.78. The van der Waals surface area contributed by atoms with Gasteiger partial charge in [0, 0.05) is 0 Å². The molecule has 0 aliphatic rings. The molecule has 0 atom stereocenters. The Balaban J connectivity index is 1.89. The molecule has 2 N–H and O–H groups in total. The van der Waals surface area contributed by atoms with Crippen molar-refractivity contribution in [2.45, 2.75) is 0 Å². The Morgan fingerprint density at radius 1 is 0.950 bits per heavy atom. The molecule has 98 valence electrons. The Morgan fingerprint density at radius 2 is 1.60 bits per heavy atom. The second-order valence-corrected chi connectivity index (χ2v) is 4.22. The normalized spacial score (nSPS) is 11.5. The third kappa shape index (κ3) is 2.56. The van der Waals surface area contributed by atoms with Crippen molar-refractivity contribution in [1.29, 1.82) is 0 Å². The molecule has 0 unspecified atom stereocenters. The Morgan fingerprint density at radius 3 is 2.30 bits per heavy atom. The predicted molar refractivity (Wildman–Crippen MR) is 78.2 cm³/mol. The van der Waals surface area contributed by atoms with Crippen LogP contribution in [0.2, 0.25) is 0 Å². The number of rotatable bonds is 3. The number of hydrogen-bond donors (Lipinski definition) is 1. The van der Waals surface area contributed by atoms with E-state index in [1.165, 1.54) is 0 Å². The third-order valence-electron chi connectivity index (χ3n) is 2.78. The molecule has 5 nitrogen and oxygen atoms in total. The topological polar surface area (TPSA) is 69.1 Å². The van der Waals surface area contributed by atoms with Crippen molar-refractivity contribution in [2.75, 3.05) is 0 Å². The summed E-state index contributed by atoms with van der Waals surface area (Å²) in [6, 6.07) is 19.2. The highest BCUT2D eigenvalue weighted by molar-refractivity contribution is 5.97. The monoisotopic (exact) mass is 263 g/mol. The van der Waals surface area contributed by atoms with Gasteiger partial charge in [0.2, 0.25) is 0 Å². The Labute approximate surface area is 116 Å². The fourth-order valence-corrected chi connectivity index (χ4v) is 1.79. The molecular formula is C15H13N5. The molecule has 0 saturated heterocycles. The largest absolute Gasteiger partial charge is 0.382 e. The van der Waals surface area contributed by atoms with E-state index in [-0.39, 0.29) is 0 Å². The highest BCUT2D eigenvalue weighted by Crippen LogP contribution is 2.11. The molecule has 0 aliphatic heterocycles. The lowest BCUT2D eigenvalue weighted by molar-refractivity contribution is 0.802. The van der Waals surface area contributed by atoms with Gasteiger partial charge in [-0.15, -0.1) is 5.10 Å². The van der Waals surface area contributed by atoms with Crippen LogP contribution < -0.4 is 5.73 Å². The molecule has 0 aliphatic carbocycles. The van der Waals surface area contributed by atoms with Crippen molar-refractivity contribution >= 4 is 11.5 Å². The summed E-state index contributed by atoms with van der Waals surface area (Å²) in [6.45, 7) is 0. The van der Waals surface area contributed by atoms with Gasteiger partial charge in [-0.1, -0.05) is 41.6 Å². The summed E-state index contributed by atoms with van der Waals surface area (Å²) >= 11 is 0. The summed E-state index contributed by atoms with van der Waals surface area (Å²) in [5, 5.41) is 8.10. The minimum atomic E-state index is 0.346. The molecule has 0 spiro atoms. The van der Waals surface area contributed by atoms with E-state index in [1.807, 2.05) is 60.7 Å². The predicted octanol–water partition coefficient (Wildman–Crippen LogP) is 2.30. The van der Waals surface area contributed by atoms with Crippen molar-refractivity contribution in [3.8, 4) is 5.69 Å². The van der Waals surface area contributed by atoms with E-state index in [9.17, 15) is 0 Å². The van der Waals surface area contributed by atoms with Crippen LogP contribution in [0.3, 0.4) is 0 Å². The van der Waals surface area contributed by atoms with Gasteiger partial charge in [0.1, 0.15) is 5.69 Å². The maximum absolute atomic E-state index is 5.95. The molecule has 1 heterocycles. The van der Waals surface area contributed by atoms with Gasteiger partial charge < -0.3 is 5.73 Å². The fourth-order valence-electron chi connectivity index (χ4n) is 1.79. The molecule has 0 bridgehead atoms. The smallest absolute Gasteiger partial charge is 0.153 e. The summed E-state index contributed by atoms with van der Waals surface area (Å²) in [7, 11) is 0. The standard InChI is InChI=1S/C15H13N5/c16-15(17-12-7-3-1-4-8-12)14-11-20(19-18-14)13-9-5-2-6-10-13/h1-11H,(H2,16,17). The second-order valence-electron chi connectivity index (χ2n) is 4.22. The van der Waals surface area contributed by atoms with Crippen LogP contribution >= 0.6 is 0 Å². The van der Waals surface area contributed by atoms with Gasteiger partial charge in [0.05, 0.1) is 17.6 Å². The maximum Gasteiger partial charge on any atom is 0.153 e. The van der Waals surface area contributed by atoms with E-state index in [1.54, 1.807) is 10.9 Å². The van der Waals surface area contributed by atoms with Crippen molar-refractivity contribution in [3.63, 3.8) is 0 Å². The summed E-state index contributed by atoms with van der Waals surface area (Å²) in [6.07, 6.45) is 1.76. The van der Waals surface area contributed by atoms with E-state index in [0.29, 0.717) is 11.5 Å². The highest BCUT2D eigenvalue weighted by atomic mass is 15.4. The van der Waals surface area contributed by atoms with Crippen LogP contribution in [0.15, 0.2) is 71.9 Å². The van der Waals surface area contributed by atoms with Crippen molar-refractivity contribution < 1.29 is 0 Å². The summed E-state index contributed by atoms with van der Waals surface area (Å²) in [5.74, 6) is 0.346. The van der Waals surface area contributed by atoms with E-state index >= 15 is 0 Å². The molecule has 0 amide bonds. The molecule has 3 aromatic rings. The lowest BCUT2D eigenvalue weighted by Gasteiger charge is -1.98. The number of nitrogens with two attached hydrogens (primary N) is 1. The first kappa shape index (κ1) is 12.1. The molecule has 0 fully saturated rings. The number of para-hydroxylation sites is 2. The zero-order chi connectivity index (χ0) is 13.8. The quantitative estimate of drug-likeness (QED) is 0.582. The van der Waals surface area contributed by atoms with Crippen LogP contribution in [-0.4, -0.2) is 20.8 Å². The minimum absolute atomic E-state index is 0.346. The summed E-state index contributed by atoms with van der Waals surface area (Å²) in [5.41, 5.74) is 8.23. The van der Waals surface area contributed by atoms with Crippen LogP contribution in [0.25, 0.3) is 5.69 Å². The Kier molecular flexibility index (Phi) is 3.24. The van der Waals surface area contributed by atoms with Crippen LogP contribution in [0.4, 0.5) is 5.69 Å². The number of aliphatic imine (C=N–C) groups is 1. The molecule has 2 aromatic carbocycles. The van der Waals surface area contributed by atoms with Gasteiger partial charge in [-0.2, -0.15) is 0 Å². The second kappa shape index (κ2) is 5.36. The zero-order valence-electron chi connectivity index (χ0n) is 10.7. The van der Waals surface area contributed by atoms with E-state index in [4.69, 9.17) is 5.73 Å². The Bertz CT molecular complexity index is 716. The minimum Gasteiger partial charge on any atom is -0.382 e. The number of amidine groups is 1. The Hall–Kier alpha value is -2.95. The molecule has 3 rings (SSSR count). The van der Waals surface area contributed by atoms with Gasteiger partial charge in [0.25, 0.3) is 0 Å². The van der Waals surface area contributed by atoms with Crippen LogP contribution in [0, 0.1) is 0 Å². The number of nitrogens with zero attached hydrogens (tertiary/aromatic N) is 4. The van der Waals surface area contributed by atoms with Crippen molar-refractivity contribution in [3.05, 3.63) is 72.6 Å². The van der Waals surface area contributed by atoms with E-state index < -0.39 is 0 Å². The number of hydrogen-bond acceptors (Lipinski definition) is 3. The van der Waals surface area contributed by atoms with Crippen molar-refractivity contribution in [2.24, 2.45) is 10.7 Å². The first-order chi connectivity index (χ1) is 9.83. The number of benzene rings is 2. The van der Waals surface area contributed by atoms with E-state index in [0.717, 1.165) is 11.4 Å². The lowest BCUT2D eigenvalue weighted by atomic mass is 10.3. The molecule has 20 heavy (non-hydrogen) atoms. The lowest BCUT2D eigenvalue weighted by Crippen LogP contribution is -2.13. The molecular weight excluding hydrogens is 250 g/mol. The fraction of sp³-hybridized carbons (Fsp3) is 0. The average molecular weight is 263 g/mol. The zero-order valence-corrected chi connectivity index (χ0v) is 10.7. The maximum atomic E-state index is 5.95. The van der Waals surface area contributed by atoms with Gasteiger partial charge in [-0.05, 0) is 24.3 Å². The molecule has 1 aromatic heterocycles. The van der Waals surface area contributed by atoms with Gasteiger partial charge in [-0.3, -0.25) is 0 Å². The summed E-state index contributed by atoms with van der Waals surface area (Å²) in [4.78, 5) is 4.31. The molecule has 0 radical (unpaired) electrons. The van der Waals surface area contributed by atoms with Crippen LogP contribution in [-0.2, 0) is 0 Å². The first-order valence-corrected chi connectivity index (χ1v) is 6.20. The van der Waals surface area contributed by atoms with Gasteiger partial charge in [0.15, 0.2) is 5.84 Å². The molecule has 0 saturated carbocycles. The average Bonchev–Trinajstić information content (AvgIpc) is 2.99. The summed E-state index contributed by atoms with van der Waals surface area (Å²) < 4.78 is 1.67. The van der Waals surface area contributed by atoms with Crippen LogP contribution in [0.1, 0.15) is 5.69 Å².